The molecule has 0 aliphatic carbocycles. The van der Waals surface area contributed by atoms with Crippen molar-refractivity contribution in [3.63, 3.8) is 0 Å². The summed E-state index contributed by atoms with van der Waals surface area (Å²) in [4.78, 5) is 10.6. The summed E-state index contributed by atoms with van der Waals surface area (Å²) in [6, 6.07) is 0.0462. The molecule has 0 bridgehead atoms. The van der Waals surface area contributed by atoms with Crippen molar-refractivity contribution in [2.45, 2.75) is 19.5 Å². The summed E-state index contributed by atoms with van der Waals surface area (Å²) in [6.45, 7) is 3.16. The fourth-order valence-electron chi connectivity index (χ4n) is 1.57. The first-order valence-electron chi connectivity index (χ1n) is 5.79. The minimum atomic E-state index is 0.0462. The Morgan fingerprint density at radius 3 is 2.94 bits per heavy atom. The minimum absolute atomic E-state index is 0.0462. The molecule has 0 fully saturated rings. The van der Waals surface area contributed by atoms with Crippen LogP contribution in [0, 0.1) is 0 Å². The maximum absolute atomic E-state index is 5.49. The lowest BCUT2D eigenvalue weighted by atomic mass is 10.4. The van der Waals surface area contributed by atoms with Gasteiger partial charge in [0.05, 0.1) is 19.2 Å². The zero-order valence-corrected chi connectivity index (χ0v) is 11.4. The maximum atomic E-state index is 5.49. The van der Waals surface area contributed by atoms with Crippen LogP contribution in [-0.4, -0.2) is 47.2 Å². The number of aromatic nitrogens is 2. The standard InChI is InChI=1S/C11H22N6O/c1-9(8-18-4)14-11(15-12)17(3)7-10-13-5-6-16(10)2/h5-6,9H,7-8,12H2,1-4H3,(H,14,15). The molecule has 3 N–H and O–H groups in total. The van der Waals surface area contributed by atoms with E-state index in [0.29, 0.717) is 19.1 Å². The third-order valence-electron chi connectivity index (χ3n) is 2.54. The van der Waals surface area contributed by atoms with Crippen molar-refractivity contribution in [2.75, 3.05) is 20.8 Å². The Bertz CT molecular complexity index is 389. The van der Waals surface area contributed by atoms with E-state index in [0.717, 1.165) is 5.82 Å². The lowest BCUT2D eigenvalue weighted by molar-refractivity contribution is 0.185. The molecular weight excluding hydrogens is 232 g/mol. The van der Waals surface area contributed by atoms with Crippen molar-refractivity contribution in [3.05, 3.63) is 18.2 Å². The smallest absolute Gasteiger partial charge is 0.208 e. The van der Waals surface area contributed by atoms with Crippen LogP contribution in [0.4, 0.5) is 0 Å². The van der Waals surface area contributed by atoms with Gasteiger partial charge in [-0.15, -0.1) is 0 Å². The first-order valence-corrected chi connectivity index (χ1v) is 5.79. The molecule has 0 aliphatic rings. The SMILES string of the molecule is COCC(C)N=C(NN)N(C)Cc1nccn1C. The second-order valence-electron chi connectivity index (χ2n) is 4.21. The topological polar surface area (TPSA) is 80.7 Å². The number of rotatable bonds is 5. The predicted molar refractivity (Wildman–Crippen MR) is 70.8 cm³/mol. The summed E-state index contributed by atoms with van der Waals surface area (Å²) in [5.74, 6) is 7.05. The van der Waals surface area contributed by atoms with Gasteiger partial charge in [-0.3, -0.25) is 5.43 Å². The predicted octanol–water partition coefficient (Wildman–Crippen LogP) is -0.294. The molecule has 0 spiro atoms. The van der Waals surface area contributed by atoms with Gasteiger partial charge in [-0.2, -0.15) is 0 Å². The molecule has 1 heterocycles. The maximum Gasteiger partial charge on any atom is 0.208 e. The third-order valence-corrected chi connectivity index (χ3v) is 2.54. The molecule has 18 heavy (non-hydrogen) atoms. The van der Waals surface area contributed by atoms with Gasteiger partial charge in [0.2, 0.25) is 5.96 Å². The Balaban J connectivity index is 2.67. The molecule has 0 aromatic carbocycles. The Labute approximate surface area is 108 Å². The van der Waals surface area contributed by atoms with Crippen LogP contribution < -0.4 is 11.3 Å². The van der Waals surface area contributed by atoms with E-state index in [4.69, 9.17) is 10.6 Å². The largest absolute Gasteiger partial charge is 0.382 e. The highest BCUT2D eigenvalue weighted by Gasteiger charge is 2.10. The number of nitrogens with zero attached hydrogens (tertiary/aromatic N) is 4. The number of methoxy groups -OCH3 is 1. The molecule has 7 heteroatoms. The van der Waals surface area contributed by atoms with Crippen LogP contribution in [0.2, 0.25) is 0 Å². The van der Waals surface area contributed by atoms with Crippen molar-refractivity contribution >= 4 is 5.96 Å². The van der Waals surface area contributed by atoms with Crippen molar-refractivity contribution in [1.82, 2.24) is 19.9 Å². The highest BCUT2D eigenvalue weighted by atomic mass is 16.5. The third kappa shape index (κ3) is 4.01. The highest BCUT2D eigenvalue weighted by molar-refractivity contribution is 5.79. The van der Waals surface area contributed by atoms with E-state index in [1.807, 2.05) is 36.7 Å². The number of hydrazine groups is 1. The second kappa shape index (κ2) is 6.97. The van der Waals surface area contributed by atoms with Crippen molar-refractivity contribution in [3.8, 4) is 0 Å². The minimum Gasteiger partial charge on any atom is -0.382 e. The summed E-state index contributed by atoms with van der Waals surface area (Å²) in [6.07, 6.45) is 3.67. The van der Waals surface area contributed by atoms with Gasteiger partial charge >= 0.3 is 0 Å². The number of nitrogens with one attached hydrogen (secondary N) is 1. The fourth-order valence-corrected chi connectivity index (χ4v) is 1.57. The van der Waals surface area contributed by atoms with Crippen molar-refractivity contribution in [1.29, 1.82) is 0 Å². The molecule has 1 unspecified atom stereocenters. The van der Waals surface area contributed by atoms with Crippen LogP contribution in [0.3, 0.4) is 0 Å². The zero-order chi connectivity index (χ0) is 13.5. The molecule has 1 aromatic rings. The molecule has 1 rings (SSSR count). The van der Waals surface area contributed by atoms with E-state index in [1.54, 1.807) is 13.3 Å². The number of hydrogen-bond donors (Lipinski definition) is 2. The summed E-state index contributed by atoms with van der Waals surface area (Å²) in [5, 5.41) is 0. The summed E-state index contributed by atoms with van der Waals surface area (Å²) in [7, 11) is 5.52. The van der Waals surface area contributed by atoms with Gasteiger partial charge in [0.15, 0.2) is 0 Å². The van der Waals surface area contributed by atoms with Crippen LogP contribution in [0.1, 0.15) is 12.7 Å². The molecule has 0 aliphatic heterocycles. The van der Waals surface area contributed by atoms with Gasteiger partial charge in [0, 0.05) is 33.6 Å². The van der Waals surface area contributed by atoms with Crippen molar-refractivity contribution in [2.24, 2.45) is 17.9 Å². The number of hydrogen-bond acceptors (Lipinski definition) is 4. The van der Waals surface area contributed by atoms with Gasteiger partial charge in [-0.05, 0) is 6.92 Å². The van der Waals surface area contributed by atoms with Crippen LogP contribution in [-0.2, 0) is 18.3 Å². The Hall–Kier alpha value is -1.60. The molecule has 0 saturated carbocycles. The number of aliphatic imine (C=N–C) groups is 1. The zero-order valence-electron chi connectivity index (χ0n) is 11.4. The Morgan fingerprint density at radius 1 is 1.72 bits per heavy atom. The fraction of sp³-hybridized carbons (Fsp3) is 0.636. The van der Waals surface area contributed by atoms with Crippen LogP contribution in [0.5, 0.6) is 0 Å². The van der Waals surface area contributed by atoms with Crippen LogP contribution in [0.25, 0.3) is 0 Å². The van der Waals surface area contributed by atoms with Crippen LogP contribution >= 0.6 is 0 Å². The van der Waals surface area contributed by atoms with Gasteiger partial charge in [-0.25, -0.2) is 15.8 Å². The number of guanidine groups is 1. The average Bonchev–Trinajstić information content (AvgIpc) is 2.72. The monoisotopic (exact) mass is 254 g/mol. The molecule has 0 amide bonds. The van der Waals surface area contributed by atoms with E-state index in [2.05, 4.69) is 15.4 Å². The van der Waals surface area contributed by atoms with Gasteiger partial charge in [-0.1, -0.05) is 0 Å². The first-order chi connectivity index (χ1) is 8.58. The second-order valence-corrected chi connectivity index (χ2v) is 4.21. The number of imidazole rings is 1. The van der Waals surface area contributed by atoms with E-state index < -0.39 is 0 Å². The van der Waals surface area contributed by atoms with Gasteiger partial charge in [0.1, 0.15) is 5.82 Å². The Morgan fingerprint density at radius 2 is 2.44 bits per heavy atom. The molecule has 1 atom stereocenters. The lowest BCUT2D eigenvalue weighted by Gasteiger charge is -2.21. The van der Waals surface area contributed by atoms with E-state index in [9.17, 15) is 0 Å². The molecule has 0 radical (unpaired) electrons. The number of aryl methyl sites for hydroxylation is 1. The van der Waals surface area contributed by atoms with E-state index in [-0.39, 0.29) is 6.04 Å². The molecule has 1 aromatic heterocycles. The van der Waals surface area contributed by atoms with E-state index >= 15 is 0 Å². The summed E-state index contributed by atoms with van der Waals surface area (Å²) in [5.41, 5.74) is 2.61. The molecular formula is C11H22N6O. The quantitative estimate of drug-likeness (QED) is 0.326. The molecule has 102 valence electrons. The molecule has 7 nitrogen and oxygen atoms in total. The highest BCUT2D eigenvalue weighted by Crippen LogP contribution is 2.01. The number of nitrogens with two attached hydrogens (primary N) is 1. The van der Waals surface area contributed by atoms with Crippen molar-refractivity contribution < 1.29 is 4.74 Å². The lowest BCUT2D eigenvalue weighted by Crippen LogP contribution is -2.43. The van der Waals surface area contributed by atoms with Gasteiger partial charge < -0.3 is 14.2 Å². The first kappa shape index (κ1) is 14.5. The average molecular weight is 254 g/mol. The summed E-state index contributed by atoms with van der Waals surface area (Å²) >= 11 is 0. The molecule has 0 saturated heterocycles. The number of ether oxygens (including phenoxy) is 1. The summed E-state index contributed by atoms with van der Waals surface area (Å²) < 4.78 is 7.00. The normalized spacial score (nSPS) is 13.5. The van der Waals surface area contributed by atoms with E-state index in [1.165, 1.54) is 0 Å². The Kier molecular flexibility index (Phi) is 5.60. The van der Waals surface area contributed by atoms with Crippen LogP contribution in [0.15, 0.2) is 17.4 Å². The van der Waals surface area contributed by atoms with Gasteiger partial charge in [0.25, 0.3) is 0 Å².